The van der Waals surface area contributed by atoms with E-state index in [-0.39, 0.29) is 11.8 Å². The molecular weight excluding hydrogens is 202 g/mol. The summed E-state index contributed by atoms with van der Waals surface area (Å²) in [5.74, 6) is 0.909. The van der Waals surface area contributed by atoms with Gasteiger partial charge in [-0.15, -0.1) is 0 Å². The van der Waals surface area contributed by atoms with E-state index in [9.17, 15) is 8.42 Å². The molecule has 0 aromatic carbocycles. The Balaban J connectivity index is 2.29. The molecule has 0 spiro atoms. The smallest absolute Gasteiger partial charge is 0.156 e. The molecule has 1 aliphatic heterocycles. The second-order valence-electron chi connectivity index (χ2n) is 3.52. The van der Waals surface area contributed by atoms with Crippen molar-refractivity contribution >= 4 is 9.84 Å². The van der Waals surface area contributed by atoms with Gasteiger partial charge >= 0.3 is 0 Å². The van der Waals surface area contributed by atoms with Gasteiger partial charge in [0.2, 0.25) is 0 Å². The van der Waals surface area contributed by atoms with Gasteiger partial charge in [0.1, 0.15) is 5.76 Å². The van der Waals surface area contributed by atoms with Crippen molar-refractivity contribution in [2.45, 2.75) is 18.2 Å². The van der Waals surface area contributed by atoms with Crippen molar-refractivity contribution in [1.82, 2.24) is 5.32 Å². The van der Waals surface area contributed by atoms with E-state index in [4.69, 9.17) is 4.42 Å². The van der Waals surface area contributed by atoms with E-state index in [1.165, 1.54) is 0 Å². The lowest BCUT2D eigenvalue weighted by Crippen LogP contribution is -2.44. The molecule has 2 rings (SSSR count). The monoisotopic (exact) mass is 215 g/mol. The van der Waals surface area contributed by atoms with Crippen LogP contribution in [0.15, 0.2) is 22.8 Å². The molecule has 14 heavy (non-hydrogen) atoms. The van der Waals surface area contributed by atoms with Crippen LogP contribution in [0.1, 0.15) is 18.7 Å². The topological polar surface area (TPSA) is 59.3 Å². The summed E-state index contributed by atoms with van der Waals surface area (Å²) in [6.07, 6.45) is 1.56. The van der Waals surface area contributed by atoms with Gasteiger partial charge in [-0.3, -0.25) is 0 Å². The van der Waals surface area contributed by atoms with Crippen LogP contribution in [0.5, 0.6) is 0 Å². The number of rotatable bonds is 1. The zero-order valence-electron chi connectivity index (χ0n) is 7.93. The Labute approximate surface area is 83.2 Å². The Morgan fingerprint density at radius 3 is 3.00 bits per heavy atom. The first-order valence-electron chi connectivity index (χ1n) is 4.59. The van der Waals surface area contributed by atoms with Crippen molar-refractivity contribution in [3.8, 4) is 0 Å². The first-order valence-corrected chi connectivity index (χ1v) is 6.31. The van der Waals surface area contributed by atoms with Gasteiger partial charge in [0, 0.05) is 6.54 Å². The van der Waals surface area contributed by atoms with Gasteiger partial charge in [-0.1, -0.05) is 0 Å². The second kappa shape index (κ2) is 3.40. The van der Waals surface area contributed by atoms with Gasteiger partial charge in [-0.05, 0) is 19.1 Å². The van der Waals surface area contributed by atoms with Crippen LogP contribution in [0.2, 0.25) is 0 Å². The normalized spacial score (nSPS) is 31.5. The molecule has 0 bridgehead atoms. The molecule has 0 radical (unpaired) electrons. The lowest BCUT2D eigenvalue weighted by molar-refractivity contribution is 0.396. The minimum atomic E-state index is -2.96. The van der Waals surface area contributed by atoms with Gasteiger partial charge < -0.3 is 9.73 Å². The van der Waals surface area contributed by atoms with Gasteiger partial charge in [-0.25, -0.2) is 8.42 Å². The molecule has 1 aromatic rings. The highest BCUT2D eigenvalue weighted by Crippen LogP contribution is 2.25. The summed E-state index contributed by atoms with van der Waals surface area (Å²) in [6.45, 7) is 2.22. The largest absolute Gasteiger partial charge is 0.468 e. The first kappa shape index (κ1) is 9.73. The van der Waals surface area contributed by atoms with Crippen molar-refractivity contribution in [1.29, 1.82) is 0 Å². The van der Waals surface area contributed by atoms with Crippen LogP contribution in [0.25, 0.3) is 0 Å². The molecule has 1 aliphatic rings. The molecule has 2 unspecified atom stereocenters. The van der Waals surface area contributed by atoms with Gasteiger partial charge in [0.05, 0.1) is 23.3 Å². The molecule has 78 valence electrons. The average Bonchev–Trinajstić information content (AvgIpc) is 2.62. The standard InChI is InChI=1S/C9H13NO3S/c1-7-9(8-3-2-5-13-8)10-4-6-14(7,11)12/h2-3,5,7,9-10H,4,6H2,1H3. The molecule has 0 aliphatic carbocycles. The quantitative estimate of drug-likeness (QED) is 0.750. The molecule has 5 heteroatoms. The first-order chi connectivity index (χ1) is 6.61. The number of hydrogen-bond donors (Lipinski definition) is 1. The van der Waals surface area contributed by atoms with Crippen LogP contribution in [-0.4, -0.2) is 26.0 Å². The van der Waals surface area contributed by atoms with E-state index >= 15 is 0 Å². The maximum absolute atomic E-state index is 11.6. The summed E-state index contributed by atoms with van der Waals surface area (Å²) >= 11 is 0. The molecule has 1 saturated heterocycles. The third kappa shape index (κ3) is 1.57. The Morgan fingerprint density at radius 2 is 2.36 bits per heavy atom. The minimum absolute atomic E-state index is 0.205. The molecule has 1 fully saturated rings. The van der Waals surface area contributed by atoms with Crippen LogP contribution in [-0.2, 0) is 9.84 Å². The van der Waals surface area contributed by atoms with E-state index < -0.39 is 15.1 Å². The zero-order valence-corrected chi connectivity index (χ0v) is 8.75. The lowest BCUT2D eigenvalue weighted by Gasteiger charge is -2.28. The van der Waals surface area contributed by atoms with E-state index in [1.54, 1.807) is 25.3 Å². The van der Waals surface area contributed by atoms with Crippen molar-refractivity contribution < 1.29 is 12.8 Å². The molecule has 2 heterocycles. The van der Waals surface area contributed by atoms with Gasteiger partial charge in [0.15, 0.2) is 9.84 Å². The SMILES string of the molecule is CC1C(c2ccco2)NCCS1(=O)=O. The number of nitrogens with one attached hydrogen (secondary N) is 1. The van der Waals surface area contributed by atoms with Crippen molar-refractivity contribution in [2.75, 3.05) is 12.3 Å². The van der Waals surface area contributed by atoms with Crippen molar-refractivity contribution in [2.24, 2.45) is 0 Å². The Kier molecular flexibility index (Phi) is 2.36. The molecule has 1 N–H and O–H groups in total. The summed E-state index contributed by atoms with van der Waals surface area (Å²) in [6, 6.07) is 3.36. The zero-order chi connectivity index (χ0) is 10.2. The summed E-state index contributed by atoms with van der Waals surface area (Å²) in [7, 11) is -2.96. The molecule has 4 nitrogen and oxygen atoms in total. The Bertz CT molecular complexity index is 396. The van der Waals surface area contributed by atoms with E-state index in [0.717, 1.165) is 0 Å². The van der Waals surface area contributed by atoms with Crippen LogP contribution < -0.4 is 5.32 Å². The minimum Gasteiger partial charge on any atom is -0.468 e. The summed E-state index contributed by atoms with van der Waals surface area (Å²) in [5.41, 5.74) is 0. The number of sulfone groups is 1. The fourth-order valence-corrected chi connectivity index (χ4v) is 3.14. The van der Waals surface area contributed by atoms with Gasteiger partial charge in [0.25, 0.3) is 0 Å². The molecule has 0 saturated carbocycles. The Hall–Kier alpha value is -0.810. The average molecular weight is 215 g/mol. The predicted octanol–water partition coefficient (Wildman–Crippen LogP) is 0.727. The van der Waals surface area contributed by atoms with Crippen molar-refractivity contribution in [3.05, 3.63) is 24.2 Å². The van der Waals surface area contributed by atoms with E-state index in [2.05, 4.69) is 5.32 Å². The molecular formula is C9H13NO3S. The van der Waals surface area contributed by atoms with Crippen LogP contribution >= 0.6 is 0 Å². The highest BCUT2D eigenvalue weighted by molar-refractivity contribution is 7.92. The third-order valence-corrected chi connectivity index (χ3v) is 4.81. The Morgan fingerprint density at radius 1 is 1.57 bits per heavy atom. The highest BCUT2D eigenvalue weighted by atomic mass is 32.2. The summed E-state index contributed by atoms with van der Waals surface area (Å²) in [5, 5.41) is 2.74. The van der Waals surface area contributed by atoms with Crippen LogP contribution in [0.4, 0.5) is 0 Å². The third-order valence-electron chi connectivity index (χ3n) is 2.64. The van der Waals surface area contributed by atoms with Gasteiger partial charge in [-0.2, -0.15) is 0 Å². The molecule has 1 aromatic heterocycles. The molecule has 0 amide bonds. The molecule has 2 atom stereocenters. The fourth-order valence-electron chi connectivity index (χ4n) is 1.72. The maximum Gasteiger partial charge on any atom is 0.156 e. The summed E-state index contributed by atoms with van der Waals surface area (Å²) in [4.78, 5) is 0. The predicted molar refractivity (Wildman–Crippen MR) is 52.7 cm³/mol. The number of hydrogen-bond acceptors (Lipinski definition) is 4. The van der Waals surface area contributed by atoms with Crippen LogP contribution in [0, 0.1) is 0 Å². The lowest BCUT2D eigenvalue weighted by atomic mass is 10.1. The highest BCUT2D eigenvalue weighted by Gasteiger charge is 2.35. The van der Waals surface area contributed by atoms with Crippen molar-refractivity contribution in [3.63, 3.8) is 0 Å². The maximum atomic E-state index is 11.6. The van der Waals surface area contributed by atoms with E-state index in [0.29, 0.717) is 12.3 Å². The summed E-state index contributed by atoms with van der Waals surface area (Å²) < 4.78 is 28.4. The van der Waals surface area contributed by atoms with E-state index in [1.807, 2.05) is 0 Å². The fraction of sp³-hybridized carbons (Fsp3) is 0.556. The number of furan rings is 1. The van der Waals surface area contributed by atoms with Crippen LogP contribution in [0.3, 0.4) is 0 Å². The second-order valence-corrected chi connectivity index (χ2v) is 6.00.